The minimum absolute atomic E-state index is 0.0792. The predicted octanol–water partition coefficient (Wildman–Crippen LogP) is 14.6. The third kappa shape index (κ3) is 5.13. The first-order valence-electron chi connectivity index (χ1n) is 22.5. The Balaban J connectivity index is 1.15. The largest absolute Gasteiger partial charge is 0.455 e. The zero-order valence-corrected chi connectivity index (χ0v) is 29.2. The molecule has 0 radical (unpaired) electrons. The van der Waals surface area contributed by atoms with Gasteiger partial charge in [0.1, 0.15) is 11.2 Å². The summed E-state index contributed by atoms with van der Waals surface area (Å²) < 4.78 is 88.6. The van der Waals surface area contributed by atoms with Gasteiger partial charge < -0.3 is 13.9 Å². The predicted molar refractivity (Wildman–Crippen MR) is 231 cm³/mol. The Morgan fingerprint density at radius 1 is 0.455 bits per heavy atom. The van der Waals surface area contributed by atoms with Gasteiger partial charge in [0.05, 0.1) is 29.1 Å². The molecule has 3 heteroatoms. The molecule has 2 aromatic heterocycles. The molecule has 0 saturated heterocycles. The van der Waals surface area contributed by atoms with Crippen molar-refractivity contribution in [2.45, 2.75) is 0 Å². The molecule has 0 bridgehead atoms. The molecule has 0 fully saturated rings. The van der Waals surface area contributed by atoms with Gasteiger partial charge in [0.15, 0.2) is 0 Å². The van der Waals surface area contributed by atoms with Crippen LogP contribution in [0.15, 0.2) is 210 Å². The van der Waals surface area contributed by atoms with E-state index >= 15 is 0 Å². The molecule has 0 spiro atoms. The Kier molecular flexibility index (Phi) is 5.37. The van der Waals surface area contributed by atoms with Crippen LogP contribution in [-0.2, 0) is 0 Å². The van der Waals surface area contributed by atoms with E-state index in [1.54, 1.807) is 4.90 Å². The van der Waals surface area contributed by atoms with Crippen LogP contribution in [0.5, 0.6) is 0 Å². The lowest BCUT2D eigenvalue weighted by Gasteiger charge is -2.28. The first-order chi connectivity index (χ1) is 31.0. The number of furan rings is 1. The van der Waals surface area contributed by atoms with Crippen molar-refractivity contribution in [2.24, 2.45) is 0 Å². The number of para-hydroxylation sites is 3. The quantitative estimate of drug-likeness (QED) is 0.171. The summed E-state index contributed by atoms with van der Waals surface area (Å²) in [5.74, 6) is 0. The molecule has 0 atom stereocenters. The zero-order chi connectivity index (χ0) is 44.1. The van der Waals surface area contributed by atoms with Gasteiger partial charge in [-0.2, -0.15) is 0 Å². The molecule has 0 N–H and O–H groups in total. The fraction of sp³-hybridized carbons (Fsp3) is 0. The molecule has 11 rings (SSSR count). The number of hydrogen-bond donors (Lipinski definition) is 0. The molecule has 0 aliphatic rings. The fourth-order valence-electron chi connectivity index (χ4n) is 7.84. The molecule has 9 aromatic carbocycles. The van der Waals surface area contributed by atoms with Crippen LogP contribution in [-0.4, -0.2) is 4.57 Å². The lowest BCUT2D eigenvalue weighted by atomic mass is 9.98. The van der Waals surface area contributed by atoms with Gasteiger partial charge in [-0.05, 0) is 94.8 Å². The van der Waals surface area contributed by atoms with Gasteiger partial charge in [0.25, 0.3) is 0 Å². The minimum atomic E-state index is -0.633. The maximum atomic E-state index is 9.60. The summed E-state index contributed by atoms with van der Waals surface area (Å²) in [6.45, 7) is 0. The summed E-state index contributed by atoms with van der Waals surface area (Å²) >= 11 is 0. The van der Waals surface area contributed by atoms with E-state index in [0.717, 1.165) is 65.7 Å². The van der Waals surface area contributed by atoms with Crippen molar-refractivity contribution in [3.05, 3.63) is 206 Å². The molecule has 0 unspecified atom stereocenters. The highest BCUT2D eigenvalue weighted by Gasteiger charge is 2.20. The third-order valence-electron chi connectivity index (χ3n) is 10.3. The number of rotatable bonds is 6. The Morgan fingerprint density at radius 3 is 1.87 bits per heavy atom. The van der Waals surface area contributed by atoms with E-state index in [1.165, 1.54) is 0 Å². The first kappa shape index (κ1) is 23.3. The monoisotopic (exact) mass is 711 g/mol. The molecule has 3 nitrogen and oxygen atoms in total. The van der Waals surface area contributed by atoms with E-state index in [4.69, 9.17) is 11.3 Å². The number of benzene rings is 9. The third-order valence-corrected chi connectivity index (χ3v) is 10.3. The van der Waals surface area contributed by atoms with Gasteiger partial charge in [-0.1, -0.05) is 133 Å². The van der Waals surface area contributed by atoms with Crippen LogP contribution in [0.2, 0.25) is 0 Å². The molecular weight excluding hydrogens is 669 g/mol. The van der Waals surface area contributed by atoms with E-state index in [9.17, 15) is 5.48 Å². The molecule has 0 aliphatic heterocycles. The summed E-state index contributed by atoms with van der Waals surface area (Å²) in [4.78, 5) is 1.71. The van der Waals surface area contributed by atoms with Crippen molar-refractivity contribution in [3.63, 3.8) is 0 Å². The Morgan fingerprint density at radius 2 is 1.11 bits per heavy atom. The Bertz CT molecular complexity index is 3630. The van der Waals surface area contributed by atoms with Crippen molar-refractivity contribution in [1.29, 1.82) is 0 Å². The van der Waals surface area contributed by atoms with Crippen LogP contribution in [0.4, 0.5) is 17.1 Å². The van der Waals surface area contributed by atoms with Gasteiger partial charge in [0, 0.05) is 49.6 Å². The van der Waals surface area contributed by atoms with Gasteiger partial charge in [-0.25, -0.2) is 0 Å². The number of anilines is 3. The Hall–Kier alpha value is -7.36. The topological polar surface area (TPSA) is 21.3 Å². The first-order valence-corrected chi connectivity index (χ1v) is 18.0. The number of nitrogens with zero attached hydrogens (tertiary/aromatic N) is 2. The molecule has 11 aromatic rings. The lowest BCUT2D eigenvalue weighted by Crippen LogP contribution is -2.11. The number of aromatic nitrogens is 1. The summed E-state index contributed by atoms with van der Waals surface area (Å²) in [5.41, 5.74) is 6.21. The van der Waals surface area contributed by atoms with Crippen LogP contribution in [0.25, 0.3) is 82.5 Å². The van der Waals surface area contributed by atoms with E-state index in [1.807, 2.05) is 103 Å². The highest BCUT2D eigenvalue weighted by Crippen LogP contribution is 2.44. The summed E-state index contributed by atoms with van der Waals surface area (Å²) in [5, 5.41) is 6.14. The van der Waals surface area contributed by atoms with Crippen molar-refractivity contribution in [2.75, 3.05) is 4.90 Å². The second-order valence-corrected chi connectivity index (χ2v) is 13.4. The number of hydrogen-bond acceptors (Lipinski definition) is 2. The van der Waals surface area contributed by atoms with Crippen molar-refractivity contribution < 1.29 is 16.8 Å². The van der Waals surface area contributed by atoms with Crippen LogP contribution >= 0.6 is 0 Å². The molecule has 0 aliphatic carbocycles. The van der Waals surface area contributed by atoms with E-state index < -0.39 is 59.9 Å². The van der Waals surface area contributed by atoms with Crippen molar-refractivity contribution >= 4 is 71.6 Å². The molecule has 2 heterocycles. The summed E-state index contributed by atoms with van der Waals surface area (Å²) in [7, 11) is 0. The zero-order valence-electron chi connectivity index (χ0n) is 38.2. The van der Waals surface area contributed by atoms with Crippen molar-refractivity contribution in [1.82, 2.24) is 4.57 Å². The molecule has 0 amide bonds. The van der Waals surface area contributed by atoms with Crippen LogP contribution < -0.4 is 4.90 Å². The van der Waals surface area contributed by atoms with Gasteiger partial charge in [-0.3, -0.25) is 0 Å². The molecular formula is C52H34N2O. The maximum Gasteiger partial charge on any atom is 0.143 e. The van der Waals surface area contributed by atoms with Crippen molar-refractivity contribution in [3.8, 4) is 27.9 Å². The summed E-state index contributed by atoms with van der Waals surface area (Å²) in [6, 6.07) is 44.8. The fourth-order valence-corrected chi connectivity index (χ4v) is 7.84. The highest BCUT2D eigenvalue weighted by atomic mass is 16.3. The van der Waals surface area contributed by atoms with Crippen LogP contribution in [0.3, 0.4) is 0 Å². The second kappa shape index (κ2) is 12.6. The minimum Gasteiger partial charge on any atom is -0.455 e. The highest BCUT2D eigenvalue weighted by molar-refractivity contribution is 6.16. The van der Waals surface area contributed by atoms with E-state index in [2.05, 4.69) is 53.1 Å². The van der Waals surface area contributed by atoms with Crippen LogP contribution in [0, 0.1) is 0 Å². The number of fused-ring (bicyclic) bond motifs is 8. The molecule has 0 saturated carbocycles. The molecule has 55 heavy (non-hydrogen) atoms. The average molecular weight is 712 g/mol. The standard InChI is InChI=1S/C52H34N2O/c1-2-12-35(13-3-1)36-22-26-39(27-23-36)53(40-28-30-41(31-29-40)54-49-20-10-7-17-44(49)45-18-8-11-21-50(45)54)48-19-9-6-15-42(48)38-25-33-51-47(34-38)46-32-24-37-14-4-5-16-43(37)52(46)55-51/h1-34H/i1D,2D,3D,12D,13D,22D,23D,26D,27D. The van der Waals surface area contributed by atoms with Gasteiger partial charge in [0.2, 0.25) is 0 Å². The van der Waals surface area contributed by atoms with E-state index in [0.29, 0.717) is 17.0 Å². The smallest absolute Gasteiger partial charge is 0.143 e. The maximum absolute atomic E-state index is 9.60. The second-order valence-electron chi connectivity index (χ2n) is 13.4. The average Bonchev–Trinajstić information content (AvgIpc) is 3.88. The van der Waals surface area contributed by atoms with Gasteiger partial charge >= 0.3 is 0 Å². The normalized spacial score (nSPS) is 13.9. The van der Waals surface area contributed by atoms with E-state index in [-0.39, 0.29) is 11.3 Å². The Labute approximate surface area is 331 Å². The molecule has 258 valence electrons. The van der Waals surface area contributed by atoms with Crippen LogP contribution in [0.1, 0.15) is 12.3 Å². The van der Waals surface area contributed by atoms with Gasteiger partial charge in [-0.15, -0.1) is 0 Å². The lowest BCUT2D eigenvalue weighted by molar-refractivity contribution is 0.672. The SMILES string of the molecule is [2H]c1c([2H])c([2H])c(-c2c([2H])c([2H])c(N(c3ccc(-n4c5ccccc5c5ccccc54)cc3)c3ccccc3-c3ccc4oc5c6ccccc6ccc5c4c3)c([2H])c2[2H])c([2H])c1[2H]. The summed E-state index contributed by atoms with van der Waals surface area (Å²) in [6.07, 6.45) is 0.